The molecule has 5 N–H and O–H groups in total. The number of carbonyl (C=O) groups is 3. The predicted octanol–water partition coefficient (Wildman–Crippen LogP) is 0.0900. The first kappa shape index (κ1) is 20.2. The van der Waals surface area contributed by atoms with Crippen molar-refractivity contribution in [1.29, 1.82) is 5.41 Å². The maximum Gasteiger partial charge on any atom is 0.259 e. The SMILES string of the molecule is N=C1NCc2cc(NC(=O)[C@H](O)[C@H]3OCCN(c4ccc5c(c4)C(=O)NC5)C3=O)ccc21. The second-order valence-electron chi connectivity index (χ2n) is 7.84. The Morgan fingerprint density at radius 3 is 2.78 bits per heavy atom. The van der Waals surface area contributed by atoms with Crippen LogP contribution in [-0.2, 0) is 27.4 Å². The zero-order chi connectivity index (χ0) is 22.4. The molecule has 3 amide bonds. The van der Waals surface area contributed by atoms with Gasteiger partial charge in [0.05, 0.1) is 6.61 Å². The standard InChI is InChI=1S/C22H21N5O5/c23-19-15-4-2-13(7-12(15)10-24-19)26-21(30)17(28)18-22(31)27(5-6-32-18)14-3-1-11-9-25-20(29)16(11)8-14/h1-4,7-8,17-18,28H,5-6,9-10H2,(H2,23,24)(H,25,29)(H,26,30)/t17-,18-/m1/s1. The molecule has 32 heavy (non-hydrogen) atoms. The lowest BCUT2D eigenvalue weighted by atomic mass is 10.1. The lowest BCUT2D eigenvalue weighted by Gasteiger charge is -2.34. The van der Waals surface area contributed by atoms with Crippen molar-refractivity contribution in [2.75, 3.05) is 23.4 Å². The van der Waals surface area contributed by atoms with Gasteiger partial charge in [-0.3, -0.25) is 19.8 Å². The first-order chi connectivity index (χ1) is 15.4. The van der Waals surface area contributed by atoms with E-state index in [1.807, 2.05) is 0 Å². The van der Waals surface area contributed by atoms with Crippen LogP contribution < -0.4 is 20.9 Å². The minimum absolute atomic E-state index is 0.136. The molecule has 2 atom stereocenters. The zero-order valence-corrected chi connectivity index (χ0v) is 17.0. The van der Waals surface area contributed by atoms with Gasteiger partial charge in [0.25, 0.3) is 17.7 Å². The summed E-state index contributed by atoms with van der Waals surface area (Å²) >= 11 is 0. The third-order valence-corrected chi connectivity index (χ3v) is 5.86. The largest absolute Gasteiger partial charge is 0.380 e. The van der Waals surface area contributed by atoms with Crippen LogP contribution in [-0.4, -0.2) is 54.0 Å². The molecule has 0 unspecified atom stereocenters. The van der Waals surface area contributed by atoms with E-state index in [4.69, 9.17) is 10.1 Å². The topological polar surface area (TPSA) is 144 Å². The number of carbonyl (C=O) groups excluding carboxylic acids is 3. The number of amidine groups is 1. The lowest BCUT2D eigenvalue weighted by Crippen LogP contribution is -2.55. The number of morpholine rings is 1. The number of aliphatic hydroxyl groups is 1. The summed E-state index contributed by atoms with van der Waals surface area (Å²) in [5, 5.41) is 26.6. The summed E-state index contributed by atoms with van der Waals surface area (Å²) < 4.78 is 5.44. The number of ether oxygens (including phenoxy) is 1. The third-order valence-electron chi connectivity index (χ3n) is 5.86. The van der Waals surface area contributed by atoms with Gasteiger partial charge in [0.15, 0.2) is 12.2 Å². The van der Waals surface area contributed by atoms with E-state index < -0.39 is 24.0 Å². The van der Waals surface area contributed by atoms with Gasteiger partial charge in [0.2, 0.25) is 0 Å². The Kier molecular flexibility index (Phi) is 4.87. The first-order valence-corrected chi connectivity index (χ1v) is 10.2. The van der Waals surface area contributed by atoms with E-state index in [2.05, 4.69) is 16.0 Å². The van der Waals surface area contributed by atoms with E-state index in [0.29, 0.717) is 35.9 Å². The number of hydrogen-bond donors (Lipinski definition) is 5. The number of amides is 3. The molecular formula is C22H21N5O5. The van der Waals surface area contributed by atoms with Gasteiger partial charge in [-0.2, -0.15) is 0 Å². The summed E-state index contributed by atoms with van der Waals surface area (Å²) in [6.45, 7) is 1.32. The maximum atomic E-state index is 13.0. The normalized spacial score (nSPS) is 20.3. The van der Waals surface area contributed by atoms with Crippen molar-refractivity contribution in [1.82, 2.24) is 10.6 Å². The summed E-state index contributed by atoms with van der Waals surface area (Å²) in [5.41, 5.74) is 3.95. The van der Waals surface area contributed by atoms with Crippen LogP contribution in [0.5, 0.6) is 0 Å². The van der Waals surface area contributed by atoms with Gasteiger partial charge in [-0.15, -0.1) is 0 Å². The van der Waals surface area contributed by atoms with E-state index >= 15 is 0 Å². The maximum absolute atomic E-state index is 13.0. The molecule has 5 rings (SSSR count). The van der Waals surface area contributed by atoms with E-state index in [1.165, 1.54) is 4.90 Å². The number of nitrogens with zero attached hydrogens (tertiary/aromatic N) is 1. The highest BCUT2D eigenvalue weighted by Crippen LogP contribution is 2.26. The van der Waals surface area contributed by atoms with Crippen LogP contribution in [0, 0.1) is 5.41 Å². The molecule has 2 aromatic carbocycles. The fourth-order valence-electron chi connectivity index (χ4n) is 4.15. The average molecular weight is 435 g/mol. The molecule has 0 saturated carbocycles. The Hall–Kier alpha value is -3.76. The molecule has 3 aliphatic heterocycles. The molecule has 0 radical (unpaired) electrons. The molecule has 10 nitrogen and oxygen atoms in total. The molecule has 0 aromatic heterocycles. The van der Waals surface area contributed by atoms with Gasteiger partial charge in [-0.25, -0.2) is 0 Å². The third kappa shape index (κ3) is 3.39. The van der Waals surface area contributed by atoms with Crippen LogP contribution in [0.15, 0.2) is 36.4 Å². The summed E-state index contributed by atoms with van der Waals surface area (Å²) in [7, 11) is 0. The van der Waals surface area contributed by atoms with Crippen LogP contribution in [0.25, 0.3) is 0 Å². The van der Waals surface area contributed by atoms with Crippen LogP contribution >= 0.6 is 0 Å². The molecule has 0 aliphatic carbocycles. The van der Waals surface area contributed by atoms with Crippen LogP contribution in [0.2, 0.25) is 0 Å². The van der Waals surface area contributed by atoms with E-state index in [1.54, 1.807) is 36.4 Å². The smallest absolute Gasteiger partial charge is 0.259 e. The number of nitrogens with one attached hydrogen (secondary N) is 4. The van der Waals surface area contributed by atoms with E-state index in [0.717, 1.165) is 16.7 Å². The van der Waals surface area contributed by atoms with Crippen LogP contribution in [0.4, 0.5) is 11.4 Å². The Morgan fingerprint density at radius 2 is 1.94 bits per heavy atom. The molecule has 164 valence electrons. The number of benzene rings is 2. The van der Waals surface area contributed by atoms with Crippen LogP contribution in [0.3, 0.4) is 0 Å². The quantitative estimate of drug-likeness (QED) is 0.461. The molecule has 3 heterocycles. The summed E-state index contributed by atoms with van der Waals surface area (Å²) in [6, 6.07) is 10.2. The molecule has 10 heteroatoms. The Bertz CT molecular complexity index is 1160. The van der Waals surface area contributed by atoms with Crippen molar-refractivity contribution in [2.45, 2.75) is 25.3 Å². The van der Waals surface area contributed by atoms with Crippen molar-refractivity contribution >= 4 is 34.9 Å². The predicted molar refractivity (Wildman–Crippen MR) is 114 cm³/mol. The van der Waals surface area contributed by atoms with Gasteiger partial charge in [-0.1, -0.05) is 6.07 Å². The fourth-order valence-corrected chi connectivity index (χ4v) is 4.15. The number of aliphatic hydroxyl groups excluding tert-OH is 1. The monoisotopic (exact) mass is 435 g/mol. The van der Waals surface area contributed by atoms with Crippen molar-refractivity contribution < 1.29 is 24.2 Å². The number of anilines is 2. The minimum atomic E-state index is -1.72. The molecule has 1 saturated heterocycles. The minimum Gasteiger partial charge on any atom is -0.380 e. The molecular weight excluding hydrogens is 414 g/mol. The van der Waals surface area contributed by atoms with Crippen LogP contribution in [0.1, 0.15) is 27.0 Å². The van der Waals surface area contributed by atoms with Gasteiger partial charge in [0.1, 0.15) is 5.84 Å². The van der Waals surface area contributed by atoms with Gasteiger partial charge in [0, 0.05) is 42.1 Å². The number of rotatable bonds is 4. The summed E-state index contributed by atoms with van der Waals surface area (Å²) in [6.07, 6.45) is -3.08. The van der Waals surface area contributed by atoms with E-state index in [9.17, 15) is 19.5 Å². The molecule has 3 aliphatic rings. The van der Waals surface area contributed by atoms with Crippen molar-refractivity contribution in [3.63, 3.8) is 0 Å². The number of fused-ring (bicyclic) bond motifs is 2. The summed E-state index contributed by atoms with van der Waals surface area (Å²) in [5.74, 6) is -1.19. The zero-order valence-electron chi connectivity index (χ0n) is 17.0. The molecule has 0 spiro atoms. The summed E-state index contributed by atoms with van der Waals surface area (Å²) in [4.78, 5) is 39.0. The molecule has 1 fully saturated rings. The van der Waals surface area contributed by atoms with E-state index in [-0.39, 0.29) is 19.1 Å². The number of hydrogen-bond acceptors (Lipinski definition) is 6. The van der Waals surface area contributed by atoms with Crippen molar-refractivity contribution in [2.24, 2.45) is 0 Å². The average Bonchev–Trinajstić information content (AvgIpc) is 3.35. The molecule has 0 bridgehead atoms. The lowest BCUT2D eigenvalue weighted by molar-refractivity contribution is -0.150. The Balaban J connectivity index is 1.30. The van der Waals surface area contributed by atoms with Gasteiger partial charge < -0.3 is 30.7 Å². The van der Waals surface area contributed by atoms with Crippen molar-refractivity contribution in [3.8, 4) is 0 Å². The second kappa shape index (κ2) is 7.74. The Labute approximate surface area is 183 Å². The van der Waals surface area contributed by atoms with Gasteiger partial charge >= 0.3 is 0 Å². The Morgan fingerprint density at radius 1 is 1.12 bits per heavy atom. The highest BCUT2D eigenvalue weighted by molar-refractivity contribution is 6.06. The molecule has 2 aromatic rings. The van der Waals surface area contributed by atoms with Gasteiger partial charge in [-0.05, 0) is 41.5 Å². The fraction of sp³-hybridized carbons (Fsp3) is 0.273. The van der Waals surface area contributed by atoms with Crippen molar-refractivity contribution in [3.05, 3.63) is 58.7 Å². The second-order valence-corrected chi connectivity index (χ2v) is 7.84. The first-order valence-electron chi connectivity index (χ1n) is 10.2. The highest BCUT2D eigenvalue weighted by Gasteiger charge is 2.39. The highest BCUT2D eigenvalue weighted by atomic mass is 16.5.